The molecule has 0 saturated carbocycles. The van der Waals surface area contributed by atoms with E-state index in [1.165, 1.54) is 0 Å². The molecular weight excluding hydrogens is 586 g/mol. The highest BCUT2D eigenvalue weighted by molar-refractivity contribution is 7.80. The van der Waals surface area contributed by atoms with E-state index in [0.717, 1.165) is 22.0 Å². The molecule has 9 nitrogen and oxygen atoms in total. The van der Waals surface area contributed by atoms with Gasteiger partial charge in [0.05, 0.1) is 24.4 Å². The average Bonchev–Trinajstić information content (AvgIpc) is 3.33. The van der Waals surface area contributed by atoms with E-state index in [1.54, 1.807) is 32.2 Å². The van der Waals surface area contributed by atoms with E-state index in [2.05, 4.69) is 25.7 Å². The van der Waals surface area contributed by atoms with Crippen LogP contribution in [0.3, 0.4) is 0 Å². The third-order valence-electron chi connectivity index (χ3n) is 6.81. The van der Waals surface area contributed by atoms with E-state index in [0.29, 0.717) is 39.3 Å². The van der Waals surface area contributed by atoms with Gasteiger partial charge in [0.15, 0.2) is 11.7 Å². The highest BCUT2D eigenvalue weighted by Crippen LogP contribution is 2.33. The normalized spacial score (nSPS) is 14.9. The highest BCUT2D eigenvalue weighted by atomic mass is 35.5. The number of allylic oxidation sites excluding steroid dienone is 1. The molecule has 1 aliphatic rings. The first-order chi connectivity index (χ1) is 20.8. The van der Waals surface area contributed by atoms with Crippen LogP contribution in [-0.2, 0) is 20.9 Å². The molecule has 1 atom stereocenters. The van der Waals surface area contributed by atoms with Crippen LogP contribution in [0.5, 0.6) is 5.75 Å². The molecule has 0 radical (unpaired) electrons. The molecule has 0 spiro atoms. The summed E-state index contributed by atoms with van der Waals surface area (Å²) in [5.41, 5.74) is 7.11. The van der Waals surface area contributed by atoms with Gasteiger partial charge in [-0.2, -0.15) is 5.10 Å². The molecule has 0 saturated heterocycles. The number of carbonyl (C=O) groups is 2. The number of amides is 1. The lowest BCUT2D eigenvalue weighted by molar-refractivity contribution is -0.139. The van der Waals surface area contributed by atoms with Gasteiger partial charge in [-0.05, 0) is 55.9 Å². The van der Waals surface area contributed by atoms with Crippen LogP contribution in [0.25, 0.3) is 10.9 Å². The van der Waals surface area contributed by atoms with Crippen molar-refractivity contribution in [1.29, 1.82) is 0 Å². The van der Waals surface area contributed by atoms with Gasteiger partial charge in [-0.1, -0.05) is 60.1 Å². The van der Waals surface area contributed by atoms with Gasteiger partial charge in [-0.15, -0.1) is 0 Å². The first-order valence-electron chi connectivity index (χ1n) is 13.7. The molecule has 3 aromatic carbocycles. The molecule has 5 rings (SSSR count). The lowest BCUT2D eigenvalue weighted by Gasteiger charge is -2.30. The van der Waals surface area contributed by atoms with Crippen molar-refractivity contribution in [3.63, 3.8) is 0 Å². The number of thiocarbonyl (C=S) groups is 1. The van der Waals surface area contributed by atoms with Crippen molar-refractivity contribution in [2.24, 2.45) is 5.10 Å². The molecule has 0 aliphatic carbocycles. The Kier molecular flexibility index (Phi) is 9.38. The Balaban J connectivity index is 1.27. The number of carbonyl (C=O) groups excluding carboxylic acids is 2. The van der Waals surface area contributed by atoms with E-state index in [4.69, 9.17) is 33.3 Å². The minimum Gasteiger partial charge on any atom is -0.483 e. The van der Waals surface area contributed by atoms with Gasteiger partial charge in [-0.25, -0.2) is 10.2 Å². The Morgan fingerprint density at radius 3 is 2.72 bits per heavy atom. The molecule has 1 aromatic heterocycles. The molecule has 1 aliphatic heterocycles. The summed E-state index contributed by atoms with van der Waals surface area (Å²) in [4.78, 5) is 25.5. The second-order valence-electron chi connectivity index (χ2n) is 9.77. The summed E-state index contributed by atoms with van der Waals surface area (Å²) in [6, 6.07) is 22.2. The number of fused-ring (bicyclic) bond motifs is 1. The SMILES string of the molecule is CCOC(=O)C1=C(C)NC(=S)N[C@H]1c1ccccc1OCC(=O)NN=Cc1cn(Cc2cccc(Cl)c2)c2ccccc12. The van der Waals surface area contributed by atoms with Gasteiger partial charge in [-0.3, -0.25) is 4.79 Å². The molecule has 0 fully saturated rings. The lowest BCUT2D eigenvalue weighted by Crippen LogP contribution is -2.45. The van der Waals surface area contributed by atoms with Crippen LogP contribution < -0.4 is 20.8 Å². The number of hydrogen-bond donors (Lipinski definition) is 3. The molecular formula is C32H30ClN5O4S. The van der Waals surface area contributed by atoms with E-state index in [-0.39, 0.29) is 13.2 Å². The summed E-state index contributed by atoms with van der Waals surface area (Å²) >= 11 is 11.5. The molecule has 220 valence electrons. The van der Waals surface area contributed by atoms with Crippen LogP contribution in [0.15, 0.2) is 95.4 Å². The van der Waals surface area contributed by atoms with Crippen LogP contribution >= 0.6 is 23.8 Å². The maximum absolute atomic E-state index is 12.8. The molecule has 1 amide bonds. The van der Waals surface area contributed by atoms with Crippen molar-refractivity contribution in [1.82, 2.24) is 20.6 Å². The summed E-state index contributed by atoms with van der Waals surface area (Å²) < 4.78 is 13.3. The predicted octanol–water partition coefficient (Wildman–Crippen LogP) is 5.23. The number of hydrazone groups is 1. The van der Waals surface area contributed by atoms with Crippen LogP contribution in [0.1, 0.15) is 36.6 Å². The third kappa shape index (κ3) is 7.04. The Hall–Kier alpha value is -4.67. The van der Waals surface area contributed by atoms with E-state index >= 15 is 0 Å². The Labute approximate surface area is 259 Å². The monoisotopic (exact) mass is 615 g/mol. The number of benzene rings is 3. The molecule has 4 aromatic rings. The molecule has 3 N–H and O–H groups in total. The summed E-state index contributed by atoms with van der Waals surface area (Å²) in [5.74, 6) is -0.495. The third-order valence-corrected chi connectivity index (χ3v) is 7.26. The van der Waals surface area contributed by atoms with E-state index in [1.807, 2.05) is 66.9 Å². The molecule has 11 heteroatoms. The smallest absolute Gasteiger partial charge is 0.338 e. The molecule has 0 bridgehead atoms. The number of ether oxygens (including phenoxy) is 2. The van der Waals surface area contributed by atoms with Crippen molar-refractivity contribution in [2.45, 2.75) is 26.4 Å². The first kappa shape index (κ1) is 29.8. The van der Waals surface area contributed by atoms with Crippen LogP contribution in [-0.4, -0.2) is 41.0 Å². The summed E-state index contributed by atoms with van der Waals surface area (Å²) in [5, 5.41) is 12.3. The number of halogens is 1. The Bertz CT molecular complexity index is 1750. The minimum absolute atomic E-state index is 0.230. The number of hydrogen-bond acceptors (Lipinski definition) is 6. The number of aromatic nitrogens is 1. The summed E-state index contributed by atoms with van der Waals surface area (Å²) in [6.45, 7) is 4.08. The van der Waals surface area contributed by atoms with Gasteiger partial charge in [0.25, 0.3) is 5.91 Å². The van der Waals surface area contributed by atoms with E-state index < -0.39 is 17.9 Å². The fourth-order valence-electron chi connectivity index (χ4n) is 4.95. The molecule has 0 unspecified atom stereocenters. The molecule has 2 heterocycles. The van der Waals surface area contributed by atoms with Gasteiger partial charge in [0.2, 0.25) is 0 Å². The molecule has 43 heavy (non-hydrogen) atoms. The van der Waals surface area contributed by atoms with Crippen molar-refractivity contribution < 1.29 is 19.1 Å². The Morgan fingerprint density at radius 2 is 1.91 bits per heavy atom. The summed E-state index contributed by atoms with van der Waals surface area (Å²) in [7, 11) is 0. The van der Waals surface area contributed by atoms with Gasteiger partial charge in [0, 0.05) is 45.5 Å². The average molecular weight is 616 g/mol. The van der Waals surface area contributed by atoms with Gasteiger partial charge in [0.1, 0.15) is 5.75 Å². The number of esters is 1. The van der Waals surface area contributed by atoms with E-state index in [9.17, 15) is 9.59 Å². The van der Waals surface area contributed by atoms with Crippen molar-refractivity contribution in [2.75, 3.05) is 13.2 Å². The topological polar surface area (TPSA) is 106 Å². The number of nitrogens with one attached hydrogen (secondary N) is 3. The van der Waals surface area contributed by atoms with Crippen molar-refractivity contribution >= 4 is 57.9 Å². The van der Waals surface area contributed by atoms with Crippen LogP contribution in [0.4, 0.5) is 0 Å². The lowest BCUT2D eigenvalue weighted by atomic mass is 9.95. The zero-order valence-corrected chi connectivity index (χ0v) is 25.2. The first-order valence-corrected chi connectivity index (χ1v) is 14.4. The predicted molar refractivity (Wildman–Crippen MR) is 171 cm³/mol. The van der Waals surface area contributed by atoms with Crippen LogP contribution in [0.2, 0.25) is 5.02 Å². The van der Waals surface area contributed by atoms with Crippen molar-refractivity contribution in [3.05, 3.63) is 112 Å². The second kappa shape index (κ2) is 13.5. The number of rotatable bonds is 10. The maximum atomic E-state index is 12.8. The second-order valence-corrected chi connectivity index (χ2v) is 10.6. The largest absolute Gasteiger partial charge is 0.483 e. The highest BCUT2D eigenvalue weighted by Gasteiger charge is 2.32. The van der Waals surface area contributed by atoms with Crippen LogP contribution in [0, 0.1) is 0 Å². The Morgan fingerprint density at radius 1 is 1.12 bits per heavy atom. The standard InChI is InChI=1S/C32H30ClN5O4S/c1-3-41-31(40)29-20(2)35-32(43)36-30(29)25-12-5-7-14-27(25)42-19-28(39)37-34-16-22-18-38(26-13-6-4-11-24(22)26)17-21-9-8-10-23(33)15-21/h4-16,18,30H,3,17,19H2,1-2H3,(H,37,39)(H2,35,36,43)/t30-/m0/s1. The summed E-state index contributed by atoms with van der Waals surface area (Å²) in [6.07, 6.45) is 3.60. The fourth-order valence-corrected chi connectivity index (χ4v) is 5.43. The fraction of sp³-hybridized carbons (Fsp3) is 0.188. The number of para-hydroxylation sites is 2. The number of nitrogens with zero attached hydrogens (tertiary/aromatic N) is 2. The minimum atomic E-state index is -0.616. The maximum Gasteiger partial charge on any atom is 0.338 e. The zero-order chi connectivity index (χ0) is 30.3. The van der Waals surface area contributed by atoms with Gasteiger partial charge >= 0.3 is 5.97 Å². The van der Waals surface area contributed by atoms with Gasteiger partial charge < -0.3 is 24.7 Å². The zero-order valence-electron chi connectivity index (χ0n) is 23.6. The quantitative estimate of drug-likeness (QED) is 0.0971. The van der Waals surface area contributed by atoms with Crippen molar-refractivity contribution in [3.8, 4) is 5.75 Å².